The Kier molecular flexibility index (Phi) is 6.84. The Bertz CT molecular complexity index is 978. The molecule has 2 aromatic carbocycles. The molecule has 0 N–H and O–H groups in total. The van der Waals surface area contributed by atoms with Crippen molar-refractivity contribution in [2.45, 2.75) is 19.0 Å². The van der Waals surface area contributed by atoms with Crippen LogP contribution in [0.3, 0.4) is 0 Å². The predicted molar refractivity (Wildman–Crippen MR) is 106 cm³/mol. The third-order valence-corrected chi connectivity index (χ3v) is 4.88. The van der Waals surface area contributed by atoms with Gasteiger partial charge in [-0.1, -0.05) is 23.8 Å². The van der Waals surface area contributed by atoms with E-state index in [9.17, 15) is 22.4 Å². The first kappa shape index (κ1) is 22.6. The average Bonchev–Trinajstić information content (AvgIpc) is 2.75. The second-order valence-corrected chi connectivity index (χ2v) is 6.91. The van der Waals surface area contributed by atoms with Crippen LogP contribution in [0.15, 0.2) is 42.0 Å². The maximum absolute atomic E-state index is 14.0. The van der Waals surface area contributed by atoms with Crippen molar-refractivity contribution in [3.63, 3.8) is 0 Å². The lowest BCUT2D eigenvalue weighted by Gasteiger charge is -2.27. The van der Waals surface area contributed by atoms with E-state index in [4.69, 9.17) is 9.47 Å². The van der Waals surface area contributed by atoms with E-state index in [2.05, 4.69) is 4.84 Å². The molecule has 1 aliphatic heterocycles. The zero-order valence-electron chi connectivity index (χ0n) is 17.0. The van der Waals surface area contributed by atoms with Crippen molar-refractivity contribution < 1.29 is 36.7 Å². The van der Waals surface area contributed by atoms with Crippen molar-refractivity contribution in [1.29, 1.82) is 0 Å². The number of piperidine rings is 1. The Balaban J connectivity index is 1.81. The third kappa shape index (κ3) is 5.55. The van der Waals surface area contributed by atoms with Crippen molar-refractivity contribution in [1.82, 2.24) is 5.06 Å². The van der Waals surface area contributed by atoms with Crippen LogP contribution in [0.2, 0.25) is 0 Å². The highest BCUT2D eigenvalue weighted by Gasteiger charge is 2.42. The first-order valence-electron chi connectivity index (χ1n) is 9.46. The smallest absolute Gasteiger partial charge is 0.492 e. The Morgan fingerprint density at radius 1 is 1.00 bits per heavy atom. The molecule has 166 valence electrons. The van der Waals surface area contributed by atoms with Crippen molar-refractivity contribution in [2.24, 2.45) is 0 Å². The maximum atomic E-state index is 14.0. The molecule has 0 atom stereocenters. The van der Waals surface area contributed by atoms with E-state index in [-0.39, 0.29) is 13.1 Å². The molecule has 9 heteroatoms. The van der Waals surface area contributed by atoms with E-state index >= 15 is 0 Å². The Labute approximate surface area is 176 Å². The second-order valence-electron chi connectivity index (χ2n) is 6.91. The van der Waals surface area contributed by atoms with Gasteiger partial charge in [-0.15, -0.1) is 5.06 Å². The second kappa shape index (κ2) is 9.38. The molecular weight excluding hydrogens is 418 g/mol. The number of methoxy groups -OCH3 is 2. The molecule has 0 amide bonds. The average molecular weight is 439 g/mol. The molecular formula is C22H21F4NO4. The van der Waals surface area contributed by atoms with Gasteiger partial charge in [0, 0.05) is 13.1 Å². The van der Waals surface area contributed by atoms with Crippen LogP contribution in [0.5, 0.6) is 11.5 Å². The number of rotatable bonds is 5. The standard InChI is InChI=1S/C22H21F4NO4/c1-29-19-6-4-16(12-20(19)30-2)18-13-17(23)5-3-15(18)11-14-7-9-27(10-8-14)31-21(28)22(24,25)26/h3-6,11-13H,7-10H2,1-2H3. The zero-order chi connectivity index (χ0) is 22.6. The van der Waals surface area contributed by atoms with Gasteiger partial charge < -0.3 is 14.3 Å². The fraction of sp³-hybridized carbons (Fsp3) is 0.318. The summed E-state index contributed by atoms with van der Waals surface area (Å²) in [5, 5.41) is 1.01. The van der Waals surface area contributed by atoms with Gasteiger partial charge in [-0.3, -0.25) is 0 Å². The summed E-state index contributed by atoms with van der Waals surface area (Å²) in [4.78, 5) is 15.4. The molecule has 5 nitrogen and oxygen atoms in total. The minimum absolute atomic E-state index is 0.139. The fourth-order valence-corrected chi connectivity index (χ4v) is 3.31. The maximum Gasteiger partial charge on any atom is 0.492 e. The molecule has 0 spiro atoms. The molecule has 2 aromatic rings. The highest BCUT2D eigenvalue weighted by Crippen LogP contribution is 2.35. The number of benzene rings is 2. The predicted octanol–water partition coefficient (Wildman–Crippen LogP) is 5.01. The summed E-state index contributed by atoms with van der Waals surface area (Å²) in [6, 6.07) is 9.66. The summed E-state index contributed by atoms with van der Waals surface area (Å²) in [6.07, 6.45) is -2.32. The molecule has 3 rings (SSSR count). The van der Waals surface area contributed by atoms with Gasteiger partial charge in [0.05, 0.1) is 14.2 Å². The van der Waals surface area contributed by atoms with Crippen LogP contribution >= 0.6 is 0 Å². The Hall–Kier alpha value is -3.07. The number of hydroxylamine groups is 2. The number of hydrogen-bond acceptors (Lipinski definition) is 5. The first-order chi connectivity index (χ1) is 14.7. The summed E-state index contributed by atoms with van der Waals surface area (Å²) >= 11 is 0. The normalized spacial score (nSPS) is 14.8. The monoisotopic (exact) mass is 439 g/mol. The quantitative estimate of drug-likeness (QED) is 0.613. The van der Waals surface area contributed by atoms with Crippen LogP contribution < -0.4 is 9.47 Å². The van der Waals surface area contributed by atoms with Gasteiger partial charge in [0.25, 0.3) is 0 Å². The van der Waals surface area contributed by atoms with Crippen LogP contribution in [-0.2, 0) is 9.63 Å². The SMILES string of the molecule is COc1ccc(-c2cc(F)ccc2C=C2CCN(OC(=O)C(F)(F)F)CC2)cc1OC. The van der Waals surface area contributed by atoms with E-state index in [1.165, 1.54) is 26.4 Å². The molecule has 0 radical (unpaired) electrons. The number of carbonyl (C=O) groups is 1. The lowest BCUT2D eigenvalue weighted by Crippen LogP contribution is -2.38. The van der Waals surface area contributed by atoms with Gasteiger partial charge in [-0.2, -0.15) is 13.2 Å². The molecule has 31 heavy (non-hydrogen) atoms. The van der Waals surface area contributed by atoms with Crippen molar-refractivity contribution in [2.75, 3.05) is 27.3 Å². The summed E-state index contributed by atoms with van der Waals surface area (Å²) in [7, 11) is 3.03. The van der Waals surface area contributed by atoms with Gasteiger partial charge >= 0.3 is 12.1 Å². The van der Waals surface area contributed by atoms with Crippen LogP contribution in [-0.4, -0.2) is 44.5 Å². The van der Waals surface area contributed by atoms with Crippen LogP contribution in [0.4, 0.5) is 17.6 Å². The number of carbonyl (C=O) groups excluding carboxylic acids is 1. The van der Waals surface area contributed by atoms with Crippen LogP contribution in [0, 0.1) is 5.82 Å². The zero-order valence-corrected chi connectivity index (χ0v) is 17.0. The highest BCUT2D eigenvalue weighted by molar-refractivity contribution is 5.78. The largest absolute Gasteiger partial charge is 0.493 e. The van der Waals surface area contributed by atoms with Gasteiger partial charge in [0.1, 0.15) is 5.82 Å². The number of hydrogen-bond donors (Lipinski definition) is 0. The van der Waals surface area contributed by atoms with E-state index < -0.39 is 18.0 Å². The Morgan fingerprint density at radius 2 is 1.68 bits per heavy atom. The summed E-state index contributed by atoms with van der Waals surface area (Å²) < 4.78 is 61.6. The topological polar surface area (TPSA) is 48.0 Å². The van der Waals surface area contributed by atoms with E-state index in [0.29, 0.717) is 29.9 Å². The van der Waals surface area contributed by atoms with Gasteiger partial charge in [-0.25, -0.2) is 9.18 Å². The summed E-state index contributed by atoms with van der Waals surface area (Å²) in [6.45, 7) is 0.279. The molecule has 0 aliphatic carbocycles. The summed E-state index contributed by atoms with van der Waals surface area (Å²) in [5.74, 6) is -1.58. The number of alkyl halides is 3. The number of halogens is 4. The molecule has 0 unspecified atom stereocenters. The lowest BCUT2D eigenvalue weighted by atomic mass is 9.95. The number of ether oxygens (including phenoxy) is 2. The van der Waals surface area contributed by atoms with E-state index in [0.717, 1.165) is 21.8 Å². The third-order valence-electron chi connectivity index (χ3n) is 4.88. The summed E-state index contributed by atoms with van der Waals surface area (Å²) in [5.41, 5.74) is 3.07. The minimum atomic E-state index is -5.03. The van der Waals surface area contributed by atoms with Gasteiger partial charge in [-0.05, 0) is 53.8 Å². The molecule has 1 aliphatic rings. The molecule has 1 heterocycles. The lowest BCUT2D eigenvalue weighted by molar-refractivity contribution is -0.239. The molecule has 0 saturated carbocycles. The highest BCUT2D eigenvalue weighted by atomic mass is 19.4. The van der Waals surface area contributed by atoms with Gasteiger partial charge in [0.15, 0.2) is 11.5 Å². The molecule has 0 bridgehead atoms. The molecule has 1 saturated heterocycles. The molecule has 0 aromatic heterocycles. The van der Waals surface area contributed by atoms with Gasteiger partial charge in [0.2, 0.25) is 0 Å². The van der Waals surface area contributed by atoms with Crippen molar-refractivity contribution >= 4 is 12.0 Å². The van der Waals surface area contributed by atoms with Crippen molar-refractivity contribution in [3.8, 4) is 22.6 Å². The van der Waals surface area contributed by atoms with E-state index in [1.807, 2.05) is 6.08 Å². The number of nitrogens with zero attached hydrogens (tertiary/aromatic N) is 1. The van der Waals surface area contributed by atoms with E-state index in [1.54, 1.807) is 24.3 Å². The van der Waals surface area contributed by atoms with Crippen LogP contribution in [0.25, 0.3) is 17.2 Å². The van der Waals surface area contributed by atoms with Crippen LogP contribution in [0.1, 0.15) is 18.4 Å². The van der Waals surface area contributed by atoms with Crippen molar-refractivity contribution in [3.05, 3.63) is 53.4 Å². The molecule has 1 fully saturated rings. The first-order valence-corrected chi connectivity index (χ1v) is 9.46. The minimum Gasteiger partial charge on any atom is -0.493 e. The fourth-order valence-electron chi connectivity index (χ4n) is 3.31. The Morgan fingerprint density at radius 3 is 2.29 bits per heavy atom.